The van der Waals surface area contributed by atoms with E-state index in [-0.39, 0.29) is 5.91 Å². The topological polar surface area (TPSA) is 54.9 Å². The van der Waals surface area contributed by atoms with Crippen LogP contribution in [-0.2, 0) is 6.54 Å². The van der Waals surface area contributed by atoms with Crippen LogP contribution in [0.3, 0.4) is 0 Å². The van der Waals surface area contributed by atoms with E-state index in [2.05, 4.69) is 15.3 Å². The molecule has 118 valence electrons. The van der Waals surface area contributed by atoms with Crippen molar-refractivity contribution in [1.29, 1.82) is 0 Å². The number of thiophene rings is 1. The SMILES string of the molecule is O=C(NCc1cccnc1-c1cccs1)c1nc2ccccc2s1. The van der Waals surface area contributed by atoms with Gasteiger partial charge in [0.05, 0.1) is 20.8 Å². The molecule has 0 unspecified atom stereocenters. The van der Waals surface area contributed by atoms with Gasteiger partial charge in [0.15, 0.2) is 5.01 Å². The second-order valence-electron chi connectivity index (χ2n) is 5.16. The van der Waals surface area contributed by atoms with Gasteiger partial charge in [-0.15, -0.1) is 22.7 Å². The maximum Gasteiger partial charge on any atom is 0.280 e. The Morgan fingerprint density at radius 1 is 1.08 bits per heavy atom. The van der Waals surface area contributed by atoms with Gasteiger partial charge in [0.2, 0.25) is 0 Å². The lowest BCUT2D eigenvalue weighted by atomic mass is 10.1. The monoisotopic (exact) mass is 351 g/mol. The zero-order valence-corrected chi connectivity index (χ0v) is 14.2. The van der Waals surface area contributed by atoms with Gasteiger partial charge in [-0.05, 0) is 35.2 Å². The highest BCUT2D eigenvalue weighted by molar-refractivity contribution is 7.20. The Kier molecular flexibility index (Phi) is 4.06. The third-order valence-corrected chi connectivity index (χ3v) is 5.49. The molecule has 0 aliphatic carbocycles. The number of thiazole rings is 1. The highest BCUT2D eigenvalue weighted by atomic mass is 32.1. The van der Waals surface area contributed by atoms with E-state index in [1.807, 2.05) is 53.9 Å². The molecule has 0 aliphatic heterocycles. The van der Waals surface area contributed by atoms with Crippen LogP contribution >= 0.6 is 22.7 Å². The Labute approximate surface area is 146 Å². The number of fused-ring (bicyclic) bond motifs is 1. The van der Waals surface area contributed by atoms with Crippen LogP contribution in [0.1, 0.15) is 15.4 Å². The number of carbonyl (C=O) groups excluding carboxylic acids is 1. The van der Waals surface area contributed by atoms with Crippen molar-refractivity contribution in [2.24, 2.45) is 0 Å². The van der Waals surface area contributed by atoms with E-state index in [0.717, 1.165) is 26.4 Å². The van der Waals surface area contributed by atoms with Crippen molar-refractivity contribution >= 4 is 38.8 Å². The second kappa shape index (κ2) is 6.51. The van der Waals surface area contributed by atoms with Crippen molar-refractivity contribution in [3.8, 4) is 10.6 Å². The molecule has 3 aromatic heterocycles. The number of hydrogen-bond acceptors (Lipinski definition) is 5. The first-order valence-corrected chi connectivity index (χ1v) is 9.12. The van der Waals surface area contributed by atoms with E-state index in [4.69, 9.17) is 0 Å². The number of benzene rings is 1. The van der Waals surface area contributed by atoms with Gasteiger partial charge in [-0.25, -0.2) is 4.98 Å². The molecule has 0 radical (unpaired) electrons. The van der Waals surface area contributed by atoms with Crippen molar-refractivity contribution in [3.63, 3.8) is 0 Å². The molecule has 0 aliphatic rings. The van der Waals surface area contributed by atoms with Crippen LogP contribution in [0.2, 0.25) is 0 Å². The smallest absolute Gasteiger partial charge is 0.280 e. The summed E-state index contributed by atoms with van der Waals surface area (Å²) in [6.07, 6.45) is 1.77. The quantitative estimate of drug-likeness (QED) is 0.595. The molecule has 0 spiro atoms. The Hall–Kier alpha value is -2.57. The number of rotatable bonds is 4. The summed E-state index contributed by atoms with van der Waals surface area (Å²) in [4.78, 5) is 22.3. The fourth-order valence-electron chi connectivity index (χ4n) is 2.44. The van der Waals surface area contributed by atoms with Crippen LogP contribution in [0.5, 0.6) is 0 Å². The molecule has 0 atom stereocenters. The summed E-state index contributed by atoms with van der Waals surface area (Å²) in [6.45, 7) is 0.426. The Balaban J connectivity index is 1.54. The average molecular weight is 351 g/mol. The van der Waals surface area contributed by atoms with Crippen LogP contribution in [0.25, 0.3) is 20.8 Å². The average Bonchev–Trinajstić information content (AvgIpc) is 3.29. The number of nitrogens with one attached hydrogen (secondary N) is 1. The molecule has 0 fully saturated rings. The Bertz CT molecular complexity index is 959. The maximum atomic E-state index is 12.4. The largest absolute Gasteiger partial charge is 0.346 e. The summed E-state index contributed by atoms with van der Waals surface area (Å²) in [6, 6.07) is 15.7. The van der Waals surface area contributed by atoms with Gasteiger partial charge in [0.25, 0.3) is 5.91 Å². The number of para-hydroxylation sites is 1. The van der Waals surface area contributed by atoms with Crippen molar-refractivity contribution < 1.29 is 4.79 Å². The third kappa shape index (κ3) is 2.93. The van der Waals surface area contributed by atoms with Crippen molar-refractivity contribution in [2.75, 3.05) is 0 Å². The molecule has 1 aromatic carbocycles. The van der Waals surface area contributed by atoms with Gasteiger partial charge < -0.3 is 5.32 Å². The molecular weight excluding hydrogens is 338 g/mol. The Morgan fingerprint density at radius 3 is 2.83 bits per heavy atom. The molecule has 3 heterocycles. The highest BCUT2D eigenvalue weighted by Gasteiger charge is 2.13. The summed E-state index contributed by atoms with van der Waals surface area (Å²) in [5.74, 6) is -0.155. The van der Waals surface area contributed by atoms with Gasteiger partial charge >= 0.3 is 0 Å². The normalized spacial score (nSPS) is 10.8. The fourth-order valence-corrected chi connectivity index (χ4v) is 4.08. The third-order valence-electron chi connectivity index (χ3n) is 3.57. The minimum Gasteiger partial charge on any atom is -0.346 e. The molecule has 1 N–H and O–H groups in total. The zero-order chi connectivity index (χ0) is 16.4. The van der Waals surface area contributed by atoms with Crippen LogP contribution in [0.15, 0.2) is 60.1 Å². The minimum absolute atomic E-state index is 0.155. The van der Waals surface area contributed by atoms with E-state index in [9.17, 15) is 4.79 Å². The lowest BCUT2D eigenvalue weighted by Gasteiger charge is -2.07. The molecule has 0 saturated carbocycles. The molecule has 6 heteroatoms. The van der Waals surface area contributed by atoms with E-state index < -0.39 is 0 Å². The molecule has 1 amide bonds. The van der Waals surface area contributed by atoms with Crippen LogP contribution in [-0.4, -0.2) is 15.9 Å². The van der Waals surface area contributed by atoms with Gasteiger partial charge in [0.1, 0.15) is 0 Å². The Morgan fingerprint density at radius 2 is 2.00 bits per heavy atom. The van der Waals surface area contributed by atoms with Crippen molar-refractivity contribution in [2.45, 2.75) is 6.54 Å². The van der Waals surface area contributed by atoms with E-state index >= 15 is 0 Å². The highest BCUT2D eigenvalue weighted by Crippen LogP contribution is 2.26. The molecule has 0 bridgehead atoms. The molecule has 4 nitrogen and oxygen atoms in total. The first kappa shape index (κ1) is 15.0. The molecule has 24 heavy (non-hydrogen) atoms. The van der Waals surface area contributed by atoms with Gasteiger partial charge in [-0.2, -0.15) is 0 Å². The number of aromatic nitrogens is 2. The molecular formula is C18H13N3OS2. The summed E-state index contributed by atoms with van der Waals surface area (Å²) in [5, 5.41) is 5.46. The predicted molar refractivity (Wildman–Crippen MR) is 98.3 cm³/mol. The van der Waals surface area contributed by atoms with Gasteiger partial charge in [-0.3, -0.25) is 9.78 Å². The molecule has 4 aromatic rings. The second-order valence-corrected chi connectivity index (χ2v) is 7.14. The molecule has 4 rings (SSSR count). The van der Waals surface area contributed by atoms with Crippen molar-refractivity contribution in [3.05, 3.63) is 70.7 Å². The van der Waals surface area contributed by atoms with Crippen LogP contribution in [0.4, 0.5) is 0 Å². The summed E-state index contributed by atoms with van der Waals surface area (Å²) < 4.78 is 1.02. The first-order valence-electron chi connectivity index (χ1n) is 7.43. The number of carbonyl (C=O) groups is 1. The van der Waals surface area contributed by atoms with Gasteiger partial charge in [0, 0.05) is 12.7 Å². The number of amides is 1. The van der Waals surface area contributed by atoms with Gasteiger partial charge in [-0.1, -0.05) is 24.3 Å². The number of hydrogen-bond donors (Lipinski definition) is 1. The summed E-state index contributed by atoms with van der Waals surface area (Å²) >= 11 is 3.04. The standard InChI is InChI=1S/C18H13N3OS2/c22-17(18-21-13-6-1-2-7-14(13)24-18)20-11-12-5-3-9-19-16(12)15-8-4-10-23-15/h1-10H,11H2,(H,20,22). The maximum absolute atomic E-state index is 12.4. The molecule has 0 saturated heterocycles. The van der Waals surface area contributed by atoms with Crippen molar-refractivity contribution in [1.82, 2.24) is 15.3 Å². The predicted octanol–water partition coefficient (Wildman–Crippen LogP) is 4.35. The van der Waals surface area contributed by atoms with E-state index in [1.54, 1.807) is 17.5 Å². The van der Waals surface area contributed by atoms with E-state index in [1.165, 1.54) is 11.3 Å². The number of pyridine rings is 1. The first-order chi connectivity index (χ1) is 11.8. The van der Waals surface area contributed by atoms with E-state index in [0.29, 0.717) is 11.6 Å². The number of nitrogens with zero attached hydrogens (tertiary/aromatic N) is 2. The summed E-state index contributed by atoms with van der Waals surface area (Å²) in [7, 11) is 0. The zero-order valence-electron chi connectivity index (χ0n) is 12.6. The summed E-state index contributed by atoms with van der Waals surface area (Å²) in [5.41, 5.74) is 2.76. The minimum atomic E-state index is -0.155. The lowest BCUT2D eigenvalue weighted by molar-refractivity contribution is 0.0951. The van der Waals surface area contributed by atoms with Crippen LogP contribution in [0, 0.1) is 0 Å². The van der Waals surface area contributed by atoms with Crippen LogP contribution < -0.4 is 5.32 Å². The lowest BCUT2D eigenvalue weighted by Crippen LogP contribution is -2.23. The fraction of sp³-hybridized carbons (Fsp3) is 0.0556.